The molecule has 2 aromatic heterocycles. The van der Waals surface area contributed by atoms with Crippen LogP contribution >= 0.6 is 11.3 Å². The molecule has 2 aromatic rings. The molecule has 1 aliphatic carbocycles. The monoisotopic (exact) mass is 304 g/mol. The van der Waals surface area contributed by atoms with Crippen LogP contribution in [0.1, 0.15) is 60.9 Å². The molecule has 4 nitrogen and oxygen atoms in total. The summed E-state index contributed by atoms with van der Waals surface area (Å²) in [7, 11) is 0. The zero-order valence-corrected chi connectivity index (χ0v) is 13.2. The van der Waals surface area contributed by atoms with Crippen molar-refractivity contribution in [3.05, 3.63) is 28.3 Å². The Kier molecular flexibility index (Phi) is 3.61. The number of hydrogen-bond acceptors (Lipinski definition) is 3. The predicted octanol–water partition coefficient (Wildman–Crippen LogP) is 4.52. The van der Waals surface area contributed by atoms with Gasteiger partial charge in [-0.2, -0.15) is 0 Å². The Balaban J connectivity index is 1.75. The third kappa shape index (κ3) is 3.02. The van der Waals surface area contributed by atoms with Gasteiger partial charge in [0.1, 0.15) is 5.69 Å². The summed E-state index contributed by atoms with van der Waals surface area (Å²) in [5.41, 5.74) is 2.40. The molecule has 112 valence electrons. The standard InChI is InChI=1S/C16H20N2O2S/c1-16(2)5-3-10(4-6-16)14-18-13(9-21-14)11-7-12(15(19)20)17-8-11/h7-10,17H,3-6H2,1-2H3,(H,19,20). The van der Waals surface area contributed by atoms with Crippen molar-refractivity contribution in [3.63, 3.8) is 0 Å². The van der Waals surface area contributed by atoms with E-state index in [0.717, 1.165) is 11.3 Å². The van der Waals surface area contributed by atoms with Crippen molar-refractivity contribution in [2.24, 2.45) is 5.41 Å². The first-order valence-corrected chi connectivity index (χ1v) is 8.20. The van der Waals surface area contributed by atoms with E-state index in [-0.39, 0.29) is 5.69 Å². The number of aromatic carboxylic acids is 1. The molecule has 1 fully saturated rings. The molecule has 0 bridgehead atoms. The molecule has 21 heavy (non-hydrogen) atoms. The van der Waals surface area contributed by atoms with Gasteiger partial charge in [0.25, 0.3) is 0 Å². The van der Waals surface area contributed by atoms with Crippen molar-refractivity contribution in [1.82, 2.24) is 9.97 Å². The van der Waals surface area contributed by atoms with Crippen LogP contribution in [0.2, 0.25) is 0 Å². The van der Waals surface area contributed by atoms with Gasteiger partial charge in [0, 0.05) is 23.1 Å². The topological polar surface area (TPSA) is 66.0 Å². The molecule has 1 aliphatic rings. The maximum absolute atomic E-state index is 10.9. The van der Waals surface area contributed by atoms with Gasteiger partial charge in [-0.1, -0.05) is 13.8 Å². The second-order valence-electron chi connectivity index (χ2n) is 6.62. The van der Waals surface area contributed by atoms with Crippen LogP contribution in [-0.2, 0) is 0 Å². The number of carbonyl (C=O) groups is 1. The molecule has 5 heteroatoms. The number of hydrogen-bond donors (Lipinski definition) is 2. The van der Waals surface area contributed by atoms with Crippen LogP contribution in [0.25, 0.3) is 11.3 Å². The van der Waals surface area contributed by atoms with Crippen molar-refractivity contribution < 1.29 is 9.90 Å². The molecule has 0 aromatic carbocycles. The minimum Gasteiger partial charge on any atom is -0.477 e. The van der Waals surface area contributed by atoms with Crippen LogP contribution in [0.4, 0.5) is 0 Å². The molecule has 1 saturated carbocycles. The minimum atomic E-state index is -0.939. The Hall–Kier alpha value is -1.62. The second-order valence-corrected chi connectivity index (χ2v) is 7.51. The summed E-state index contributed by atoms with van der Waals surface area (Å²) in [6, 6.07) is 1.64. The van der Waals surface area contributed by atoms with Crippen LogP contribution in [0.3, 0.4) is 0 Å². The van der Waals surface area contributed by atoms with Crippen molar-refractivity contribution in [2.75, 3.05) is 0 Å². The molecule has 0 spiro atoms. The molecule has 0 radical (unpaired) electrons. The van der Waals surface area contributed by atoms with Gasteiger partial charge in [-0.15, -0.1) is 11.3 Å². The van der Waals surface area contributed by atoms with Gasteiger partial charge in [-0.3, -0.25) is 0 Å². The first-order valence-electron chi connectivity index (χ1n) is 7.32. The molecule has 0 amide bonds. The lowest BCUT2D eigenvalue weighted by Gasteiger charge is -2.33. The van der Waals surface area contributed by atoms with E-state index in [4.69, 9.17) is 10.1 Å². The van der Waals surface area contributed by atoms with E-state index in [2.05, 4.69) is 18.8 Å². The SMILES string of the molecule is CC1(C)CCC(c2nc(-c3c[nH]c(C(=O)O)c3)cs2)CC1. The number of aromatic amines is 1. The summed E-state index contributed by atoms with van der Waals surface area (Å²) < 4.78 is 0. The largest absolute Gasteiger partial charge is 0.477 e. The zero-order valence-electron chi connectivity index (χ0n) is 12.3. The highest BCUT2D eigenvalue weighted by Gasteiger charge is 2.29. The molecule has 0 aliphatic heterocycles. The van der Waals surface area contributed by atoms with Crippen LogP contribution in [0.15, 0.2) is 17.6 Å². The summed E-state index contributed by atoms with van der Waals surface area (Å²) in [5.74, 6) is -0.374. The Bertz CT molecular complexity index is 647. The van der Waals surface area contributed by atoms with Gasteiger partial charge < -0.3 is 10.1 Å². The van der Waals surface area contributed by atoms with E-state index in [0.29, 0.717) is 11.3 Å². The minimum absolute atomic E-state index is 0.207. The van der Waals surface area contributed by atoms with Gasteiger partial charge in [0.2, 0.25) is 0 Å². The van der Waals surface area contributed by atoms with Crippen LogP contribution in [0, 0.1) is 5.41 Å². The lowest BCUT2D eigenvalue weighted by atomic mass is 9.73. The zero-order chi connectivity index (χ0) is 15.0. The summed E-state index contributed by atoms with van der Waals surface area (Å²) in [5, 5.41) is 12.2. The summed E-state index contributed by atoms with van der Waals surface area (Å²) in [6.45, 7) is 4.67. The number of aromatic nitrogens is 2. The quantitative estimate of drug-likeness (QED) is 0.876. The van der Waals surface area contributed by atoms with Crippen LogP contribution in [-0.4, -0.2) is 21.0 Å². The molecule has 3 rings (SSSR count). The lowest BCUT2D eigenvalue weighted by molar-refractivity contribution is 0.0691. The average molecular weight is 304 g/mol. The van der Waals surface area contributed by atoms with Crippen molar-refractivity contribution in [3.8, 4) is 11.3 Å². The normalized spacial score (nSPS) is 18.8. The van der Waals surface area contributed by atoms with E-state index >= 15 is 0 Å². The Morgan fingerprint density at radius 1 is 1.43 bits per heavy atom. The Morgan fingerprint density at radius 2 is 2.14 bits per heavy atom. The highest BCUT2D eigenvalue weighted by molar-refractivity contribution is 7.10. The number of carboxylic acids is 1. The first-order chi connectivity index (χ1) is 9.94. The molecular weight excluding hydrogens is 284 g/mol. The predicted molar refractivity (Wildman–Crippen MR) is 83.9 cm³/mol. The summed E-state index contributed by atoms with van der Waals surface area (Å²) in [4.78, 5) is 18.4. The summed E-state index contributed by atoms with van der Waals surface area (Å²) >= 11 is 1.70. The Morgan fingerprint density at radius 3 is 2.76 bits per heavy atom. The fourth-order valence-electron chi connectivity index (χ4n) is 2.92. The number of nitrogens with one attached hydrogen (secondary N) is 1. The van der Waals surface area contributed by atoms with Gasteiger partial charge in [-0.25, -0.2) is 9.78 Å². The van der Waals surface area contributed by atoms with Gasteiger partial charge >= 0.3 is 5.97 Å². The lowest BCUT2D eigenvalue weighted by Crippen LogP contribution is -2.20. The number of thiazole rings is 1. The van der Waals surface area contributed by atoms with E-state index in [1.807, 2.05) is 5.38 Å². The van der Waals surface area contributed by atoms with Gasteiger partial charge in [0.15, 0.2) is 0 Å². The van der Waals surface area contributed by atoms with E-state index in [1.165, 1.54) is 30.7 Å². The molecule has 0 atom stereocenters. The van der Waals surface area contributed by atoms with Gasteiger partial charge in [-0.05, 0) is 37.2 Å². The smallest absolute Gasteiger partial charge is 0.352 e. The van der Waals surface area contributed by atoms with E-state index in [9.17, 15) is 4.79 Å². The number of carboxylic acid groups (broad SMARTS) is 1. The number of H-pyrrole nitrogens is 1. The molecule has 2 heterocycles. The number of nitrogens with zero attached hydrogens (tertiary/aromatic N) is 1. The van der Waals surface area contributed by atoms with Gasteiger partial charge in [0.05, 0.1) is 10.7 Å². The van der Waals surface area contributed by atoms with E-state index in [1.54, 1.807) is 23.6 Å². The van der Waals surface area contributed by atoms with Crippen LogP contribution in [0.5, 0.6) is 0 Å². The second kappa shape index (κ2) is 5.30. The molecule has 0 unspecified atom stereocenters. The van der Waals surface area contributed by atoms with Crippen molar-refractivity contribution in [1.29, 1.82) is 0 Å². The highest BCUT2D eigenvalue weighted by atomic mass is 32.1. The fourth-order valence-corrected chi connectivity index (χ4v) is 3.92. The van der Waals surface area contributed by atoms with E-state index < -0.39 is 5.97 Å². The fraction of sp³-hybridized carbons (Fsp3) is 0.500. The molecular formula is C16H20N2O2S. The Labute approximate surface area is 128 Å². The third-order valence-electron chi connectivity index (χ3n) is 4.42. The maximum atomic E-state index is 10.9. The van der Waals surface area contributed by atoms with Crippen LogP contribution < -0.4 is 0 Å². The number of rotatable bonds is 3. The maximum Gasteiger partial charge on any atom is 0.352 e. The highest BCUT2D eigenvalue weighted by Crippen LogP contribution is 2.43. The summed E-state index contributed by atoms with van der Waals surface area (Å²) in [6.07, 6.45) is 6.62. The first kappa shape index (κ1) is 14.3. The molecule has 2 N–H and O–H groups in total. The van der Waals surface area contributed by atoms with Crippen molar-refractivity contribution in [2.45, 2.75) is 45.4 Å². The third-order valence-corrected chi connectivity index (χ3v) is 5.43. The average Bonchev–Trinajstić information content (AvgIpc) is 3.07. The molecule has 0 saturated heterocycles. The van der Waals surface area contributed by atoms with Crippen molar-refractivity contribution >= 4 is 17.3 Å².